The lowest BCUT2D eigenvalue weighted by atomic mass is 10.2. The summed E-state index contributed by atoms with van der Waals surface area (Å²) >= 11 is 1.72. The van der Waals surface area contributed by atoms with E-state index >= 15 is 0 Å². The van der Waals surface area contributed by atoms with Crippen LogP contribution in [0.1, 0.15) is 28.2 Å². The van der Waals surface area contributed by atoms with E-state index in [1.54, 1.807) is 11.3 Å². The summed E-state index contributed by atoms with van der Waals surface area (Å²) in [5.74, 6) is 0. The van der Waals surface area contributed by atoms with E-state index in [-0.39, 0.29) is 12.1 Å². The molecule has 0 bridgehead atoms. The second-order valence-corrected chi connectivity index (χ2v) is 7.54. The van der Waals surface area contributed by atoms with Crippen LogP contribution in [-0.2, 0) is 17.8 Å². The van der Waals surface area contributed by atoms with E-state index in [2.05, 4.69) is 36.5 Å². The van der Waals surface area contributed by atoms with Crippen LogP contribution in [0.5, 0.6) is 0 Å². The van der Waals surface area contributed by atoms with Crippen molar-refractivity contribution in [2.45, 2.75) is 39.0 Å². The molecular weight excluding hydrogens is 320 g/mol. The van der Waals surface area contributed by atoms with Gasteiger partial charge in [0.1, 0.15) is 0 Å². The topological polar surface area (TPSA) is 41.6 Å². The maximum absolute atomic E-state index is 12.7. The molecule has 5 heteroatoms. The first kappa shape index (κ1) is 17.0. The normalized spacial score (nSPS) is 17.0. The number of hydrogen-bond donors (Lipinski definition) is 1. The number of ether oxygens (including phenoxy) is 1. The minimum Gasteiger partial charge on any atom is -0.376 e. The number of urea groups is 1. The Morgan fingerprint density at radius 2 is 2.12 bits per heavy atom. The first-order valence-electron chi connectivity index (χ1n) is 8.44. The highest BCUT2D eigenvalue weighted by Gasteiger charge is 2.22. The van der Waals surface area contributed by atoms with E-state index in [4.69, 9.17) is 4.74 Å². The minimum atomic E-state index is -0.0274. The number of hydrogen-bond acceptors (Lipinski definition) is 3. The number of amides is 2. The molecule has 0 saturated carbocycles. The Kier molecular flexibility index (Phi) is 5.88. The number of aryl methyl sites for hydroxylation is 1. The standard InChI is InChI=1S/C19H24N2O2S/c1-15-9-10-18(24-15)12-20-19(22)21(14-17-8-5-11-23-17)13-16-6-3-2-4-7-16/h2-4,6-7,9-10,17H,5,8,11-14H2,1H3,(H,20,22). The van der Waals surface area contributed by atoms with Crippen molar-refractivity contribution in [1.29, 1.82) is 0 Å². The number of carbonyl (C=O) groups is 1. The van der Waals surface area contributed by atoms with Crippen LogP contribution >= 0.6 is 11.3 Å². The molecule has 1 N–H and O–H groups in total. The quantitative estimate of drug-likeness (QED) is 0.862. The molecular formula is C19H24N2O2S. The van der Waals surface area contributed by atoms with Gasteiger partial charge in [-0.05, 0) is 37.5 Å². The van der Waals surface area contributed by atoms with E-state index in [1.165, 1.54) is 9.75 Å². The van der Waals surface area contributed by atoms with Gasteiger partial charge in [0, 0.05) is 29.5 Å². The van der Waals surface area contributed by atoms with Gasteiger partial charge in [-0.1, -0.05) is 30.3 Å². The predicted octanol–water partition coefficient (Wildman–Crippen LogP) is 3.95. The van der Waals surface area contributed by atoms with Gasteiger partial charge in [-0.25, -0.2) is 4.79 Å². The molecule has 2 amide bonds. The molecule has 1 fully saturated rings. The lowest BCUT2D eigenvalue weighted by molar-refractivity contribution is 0.0794. The van der Waals surface area contributed by atoms with E-state index in [9.17, 15) is 4.79 Å². The van der Waals surface area contributed by atoms with E-state index in [0.717, 1.165) is 25.0 Å². The summed E-state index contributed by atoms with van der Waals surface area (Å²) in [7, 11) is 0. The highest BCUT2D eigenvalue weighted by molar-refractivity contribution is 7.11. The fraction of sp³-hybridized carbons (Fsp3) is 0.421. The zero-order valence-corrected chi connectivity index (χ0v) is 14.8. The van der Waals surface area contributed by atoms with E-state index in [1.807, 2.05) is 23.1 Å². The molecule has 1 saturated heterocycles. The highest BCUT2D eigenvalue weighted by Crippen LogP contribution is 2.17. The van der Waals surface area contributed by atoms with Crippen molar-refractivity contribution in [1.82, 2.24) is 10.2 Å². The average molecular weight is 344 g/mol. The Balaban J connectivity index is 1.61. The van der Waals surface area contributed by atoms with Gasteiger partial charge in [0.05, 0.1) is 12.6 Å². The molecule has 0 spiro atoms. The average Bonchev–Trinajstić information content (AvgIpc) is 3.24. The first-order chi connectivity index (χ1) is 11.7. The molecule has 1 atom stereocenters. The van der Waals surface area contributed by atoms with E-state index < -0.39 is 0 Å². The van der Waals surface area contributed by atoms with Crippen LogP contribution in [0.4, 0.5) is 4.79 Å². The smallest absolute Gasteiger partial charge is 0.318 e. The molecule has 1 unspecified atom stereocenters. The van der Waals surface area contributed by atoms with Crippen LogP contribution in [0.3, 0.4) is 0 Å². The number of thiophene rings is 1. The molecule has 4 nitrogen and oxygen atoms in total. The van der Waals surface area contributed by atoms with Gasteiger partial charge in [0.25, 0.3) is 0 Å². The van der Waals surface area contributed by atoms with E-state index in [0.29, 0.717) is 19.6 Å². The summed E-state index contributed by atoms with van der Waals surface area (Å²) in [6.45, 7) is 4.71. The molecule has 1 aliphatic rings. The van der Waals surface area contributed by atoms with Crippen LogP contribution in [0.15, 0.2) is 42.5 Å². The molecule has 0 radical (unpaired) electrons. The second kappa shape index (κ2) is 8.31. The zero-order valence-electron chi connectivity index (χ0n) is 14.0. The molecule has 2 aromatic rings. The highest BCUT2D eigenvalue weighted by atomic mass is 32.1. The van der Waals surface area contributed by atoms with Crippen molar-refractivity contribution in [2.24, 2.45) is 0 Å². The predicted molar refractivity (Wildman–Crippen MR) is 97.1 cm³/mol. The summed E-state index contributed by atoms with van der Waals surface area (Å²) in [4.78, 5) is 17.0. The molecule has 128 valence electrons. The molecule has 1 aromatic heterocycles. The van der Waals surface area contributed by atoms with Crippen molar-refractivity contribution in [3.8, 4) is 0 Å². The maximum Gasteiger partial charge on any atom is 0.318 e. The Morgan fingerprint density at radius 1 is 1.29 bits per heavy atom. The monoisotopic (exact) mass is 344 g/mol. The SMILES string of the molecule is Cc1ccc(CNC(=O)N(Cc2ccccc2)CC2CCCO2)s1. The zero-order chi connectivity index (χ0) is 16.8. The third-order valence-corrected chi connectivity index (χ3v) is 5.16. The van der Waals surface area contributed by atoms with Crippen LogP contribution in [0.2, 0.25) is 0 Å². The lowest BCUT2D eigenvalue weighted by Gasteiger charge is -2.26. The largest absolute Gasteiger partial charge is 0.376 e. The van der Waals surface area contributed by atoms with Crippen molar-refractivity contribution < 1.29 is 9.53 Å². The summed E-state index contributed by atoms with van der Waals surface area (Å²) in [6.07, 6.45) is 2.27. The molecule has 2 heterocycles. The molecule has 1 aromatic carbocycles. The number of rotatable bonds is 6. The Hall–Kier alpha value is -1.85. The fourth-order valence-corrected chi connectivity index (χ4v) is 3.74. The Bertz CT molecular complexity index is 650. The first-order valence-corrected chi connectivity index (χ1v) is 9.26. The third kappa shape index (κ3) is 4.82. The van der Waals surface area contributed by atoms with Gasteiger partial charge in [0.15, 0.2) is 0 Å². The summed E-state index contributed by atoms with van der Waals surface area (Å²) in [5, 5.41) is 3.05. The number of nitrogens with zero attached hydrogens (tertiary/aromatic N) is 1. The maximum atomic E-state index is 12.7. The Morgan fingerprint density at radius 3 is 2.79 bits per heavy atom. The number of nitrogens with one attached hydrogen (secondary N) is 1. The molecule has 24 heavy (non-hydrogen) atoms. The van der Waals surface area contributed by atoms with Crippen LogP contribution < -0.4 is 5.32 Å². The lowest BCUT2D eigenvalue weighted by Crippen LogP contribution is -2.43. The van der Waals surface area contributed by atoms with Crippen LogP contribution in [-0.4, -0.2) is 30.2 Å². The summed E-state index contributed by atoms with van der Waals surface area (Å²) in [5.41, 5.74) is 1.14. The number of benzene rings is 1. The molecule has 1 aliphatic heterocycles. The van der Waals surface area contributed by atoms with Crippen molar-refractivity contribution >= 4 is 17.4 Å². The van der Waals surface area contributed by atoms with Crippen LogP contribution in [0, 0.1) is 6.92 Å². The van der Waals surface area contributed by atoms with Gasteiger partial charge < -0.3 is 15.0 Å². The van der Waals surface area contributed by atoms with Gasteiger partial charge in [0.2, 0.25) is 0 Å². The molecule has 3 rings (SSSR count). The van der Waals surface area contributed by atoms with Gasteiger partial charge in [-0.3, -0.25) is 0 Å². The third-order valence-electron chi connectivity index (χ3n) is 4.16. The van der Waals surface area contributed by atoms with Crippen LogP contribution in [0.25, 0.3) is 0 Å². The van der Waals surface area contributed by atoms with Crippen molar-refractivity contribution in [3.05, 3.63) is 57.8 Å². The summed E-state index contributed by atoms with van der Waals surface area (Å²) in [6, 6.07) is 14.2. The second-order valence-electron chi connectivity index (χ2n) is 6.17. The number of carbonyl (C=O) groups excluding carboxylic acids is 1. The minimum absolute atomic E-state index is 0.0274. The molecule has 0 aliphatic carbocycles. The van der Waals surface area contributed by atoms with Gasteiger partial charge >= 0.3 is 6.03 Å². The van der Waals surface area contributed by atoms with Crippen molar-refractivity contribution in [3.63, 3.8) is 0 Å². The Labute approximate surface area is 147 Å². The van der Waals surface area contributed by atoms with Gasteiger partial charge in [-0.2, -0.15) is 0 Å². The van der Waals surface area contributed by atoms with Crippen molar-refractivity contribution in [2.75, 3.05) is 13.2 Å². The fourth-order valence-electron chi connectivity index (χ4n) is 2.91. The summed E-state index contributed by atoms with van der Waals surface area (Å²) < 4.78 is 5.72. The van der Waals surface area contributed by atoms with Gasteiger partial charge in [-0.15, -0.1) is 11.3 Å².